The fourth-order valence-electron chi connectivity index (χ4n) is 7.46. The van der Waals surface area contributed by atoms with Crippen molar-refractivity contribution in [1.82, 2.24) is 0 Å². The molecule has 0 bridgehead atoms. The molecule has 51 heavy (non-hydrogen) atoms. The molecule has 0 aliphatic carbocycles. The van der Waals surface area contributed by atoms with E-state index in [1.54, 1.807) is 0 Å². The molecule has 0 heterocycles. The summed E-state index contributed by atoms with van der Waals surface area (Å²) in [6, 6.07) is 76.5. The van der Waals surface area contributed by atoms with Gasteiger partial charge in [-0.1, -0.05) is 176 Å². The summed E-state index contributed by atoms with van der Waals surface area (Å²) in [6.07, 6.45) is 0. The van der Waals surface area contributed by atoms with E-state index in [4.69, 9.17) is 0 Å². The third kappa shape index (κ3) is 5.75. The Morgan fingerprint density at radius 1 is 0.235 bits per heavy atom. The molecule has 0 amide bonds. The second-order valence-electron chi connectivity index (χ2n) is 12.9. The maximum atomic E-state index is 2.35. The van der Waals surface area contributed by atoms with Crippen LogP contribution in [0.15, 0.2) is 212 Å². The lowest BCUT2D eigenvalue weighted by atomic mass is 9.87. The van der Waals surface area contributed by atoms with Gasteiger partial charge in [0.25, 0.3) is 0 Å². The average Bonchev–Trinajstić information content (AvgIpc) is 3.22. The Bertz CT molecular complexity index is 2620. The number of hydrogen-bond acceptors (Lipinski definition) is 1. The van der Waals surface area contributed by atoms with Gasteiger partial charge in [0.2, 0.25) is 0 Å². The Hall–Kier alpha value is -6.70. The van der Waals surface area contributed by atoms with E-state index in [0.717, 1.165) is 17.1 Å². The van der Waals surface area contributed by atoms with Gasteiger partial charge in [-0.25, -0.2) is 0 Å². The van der Waals surface area contributed by atoms with Crippen molar-refractivity contribution in [3.05, 3.63) is 212 Å². The maximum absolute atomic E-state index is 2.35. The first-order valence-corrected chi connectivity index (χ1v) is 17.5. The zero-order chi connectivity index (χ0) is 34.0. The highest BCUT2D eigenvalue weighted by Crippen LogP contribution is 2.43. The highest BCUT2D eigenvalue weighted by molar-refractivity contribution is 6.08. The minimum atomic E-state index is 1.11. The van der Waals surface area contributed by atoms with Crippen molar-refractivity contribution >= 4 is 38.6 Å². The summed E-state index contributed by atoms with van der Waals surface area (Å²) in [4.78, 5) is 2.35. The van der Waals surface area contributed by atoms with Crippen molar-refractivity contribution in [2.75, 3.05) is 4.90 Å². The Morgan fingerprint density at radius 2 is 0.647 bits per heavy atom. The number of nitrogens with zero attached hydrogens (tertiary/aromatic N) is 1. The Morgan fingerprint density at radius 3 is 1.27 bits per heavy atom. The van der Waals surface area contributed by atoms with Gasteiger partial charge in [-0.2, -0.15) is 0 Å². The molecule has 0 aromatic heterocycles. The molecule has 1 heteroatoms. The van der Waals surface area contributed by atoms with E-state index < -0.39 is 0 Å². The molecule has 9 aromatic rings. The molecular weight excluding hydrogens is 615 g/mol. The second kappa shape index (κ2) is 13.3. The lowest BCUT2D eigenvalue weighted by molar-refractivity contribution is 1.29. The van der Waals surface area contributed by atoms with Crippen LogP contribution in [0.4, 0.5) is 17.1 Å². The van der Waals surface area contributed by atoms with Crippen molar-refractivity contribution in [2.24, 2.45) is 0 Å². The molecule has 0 saturated heterocycles. The number of para-hydroxylation sites is 1. The molecule has 1 nitrogen and oxygen atoms in total. The predicted molar refractivity (Wildman–Crippen MR) is 218 cm³/mol. The van der Waals surface area contributed by atoms with Gasteiger partial charge in [0.15, 0.2) is 0 Å². The first kappa shape index (κ1) is 30.4. The molecule has 0 radical (unpaired) electrons. The van der Waals surface area contributed by atoms with E-state index >= 15 is 0 Å². The van der Waals surface area contributed by atoms with Gasteiger partial charge in [0, 0.05) is 17.1 Å². The summed E-state index contributed by atoms with van der Waals surface area (Å²) >= 11 is 0. The van der Waals surface area contributed by atoms with Gasteiger partial charge >= 0.3 is 0 Å². The molecule has 0 unspecified atom stereocenters. The van der Waals surface area contributed by atoms with Gasteiger partial charge in [-0.05, 0) is 102 Å². The van der Waals surface area contributed by atoms with Crippen LogP contribution in [0.2, 0.25) is 0 Å². The van der Waals surface area contributed by atoms with Crippen LogP contribution in [0.3, 0.4) is 0 Å². The molecule has 0 fully saturated rings. The van der Waals surface area contributed by atoms with E-state index in [1.807, 2.05) is 0 Å². The summed E-state index contributed by atoms with van der Waals surface area (Å²) < 4.78 is 0. The topological polar surface area (TPSA) is 3.24 Å². The summed E-state index contributed by atoms with van der Waals surface area (Å²) in [5, 5.41) is 5.03. The first-order valence-electron chi connectivity index (χ1n) is 17.5. The van der Waals surface area contributed by atoms with Crippen molar-refractivity contribution in [2.45, 2.75) is 0 Å². The Kier molecular flexibility index (Phi) is 7.92. The van der Waals surface area contributed by atoms with Crippen LogP contribution in [0, 0.1) is 0 Å². The van der Waals surface area contributed by atoms with Crippen LogP contribution >= 0.6 is 0 Å². The summed E-state index contributed by atoms with van der Waals surface area (Å²) in [7, 11) is 0. The van der Waals surface area contributed by atoms with Gasteiger partial charge in [0.05, 0.1) is 0 Å². The number of benzene rings is 9. The number of hydrogen-bond donors (Lipinski definition) is 0. The van der Waals surface area contributed by atoms with Gasteiger partial charge in [-0.3, -0.25) is 0 Å². The molecule has 0 atom stereocenters. The standard InChI is InChI=1S/C50H35N/c1-3-15-36(16-4-1)44-21-9-11-23-47(44)49-25-13-14-26-50(49)48-24-12-10-22-45(48)38-29-31-41(32-30-38)51(40-18-5-2-6-19-40)42-33-34-46-39(35-42)28-27-37-17-7-8-20-43(37)46/h1-35H. The van der Waals surface area contributed by atoms with Crippen LogP contribution in [0.25, 0.3) is 66.1 Å². The van der Waals surface area contributed by atoms with Crippen molar-refractivity contribution in [3.63, 3.8) is 0 Å². The molecule has 9 rings (SSSR count). The summed E-state index contributed by atoms with van der Waals surface area (Å²) in [5.41, 5.74) is 13.1. The largest absolute Gasteiger partial charge is 0.310 e. The van der Waals surface area contributed by atoms with Crippen LogP contribution in [-0.4, -0.2) is 0 Å². The van der Waals surface area contributed by atoms with Crippen molar-refractivity contribution in [1.29, 1.82) is 0 Å². The van der Waals surface area contributed by atoms with Crippen LogP contribution < -0.4 is 4.90 Å². The third-order valence-electron chi connectivity index (χ3n) is 9.88. The number of anilines is 3. The molecule has 0 N–H and O–H groups in total. The summed E-state index contributed by atoms with van der Waals surface area (Å²) in [6.45, 7) is 0. The van der Waals surface area contributed by atoms with E-state index in [9.17, 15) is 0 Å². The summed E-state index contributed by atoms with van der Waals surface area (Å²) in [5.74, 6) is 0. The average molecular weight is 650 g/mol. The monoisotopic (exact) mass is 649 g/mol. The lowest BCUT2D eigenvalue weighted by Crippen LogP contribution is -2.09. The van der Waals surface area contributed by atoms with E-state index in [-0.39, 0.29) is 0 Å². The smallest absolute Gasteiger partial charge is 0.0468 e. The Labute approximate surface area is 299 Å². The molecule has 0 spiro atoms. The fourth-order valence-corrected chi connectivity index (χ4v) is 7.46. The highest BCUT2D eigenvalue weighted by atomic mass is 15.1. The first-order chi connectivity index (χ1) is 25.3. The third-order valence-corrected chi connectivity index (χ3v) is 9.88. The predicted octanol–water partition coefficient (Wildman–Crippen LogP) is 14.1. The molecule has 0 saturated carbocycles. The van der Waals surface area contributed by atoms with E-state index in [0.29, 0.717) is 0 Å². The van der Waals surface area contributed by atoms with Gasteiger partial charge in [0.1, 0.15) is 0 Å². The fraction of sp³-hybridized carbons (Fsp3) is 0. The van der Waals surface area contributed by atoms with Crippen LogP contribution in [-0.2, 0) is 0 Å². The second-order valence-corrected chi connectivity index (χ2v) is 12.9. The molecule has 9 aromatic carbocycles. The van der Waals surface area contributed by atoms with E-state index in [2.05, 4.69) is 217 Å². The van der Waals surface area contributed by atoms with Crippen molar-refractivity contribution < 1.29 is 0 Å². The van der Waals surface area contributed by atoms with Crippen molar-refractivity contribution in [3.8, 4) is 44.5 Å². The maximum Gasteiger partial charge on any atom is 0.0468 e. The minimum Gasteiger partial charge on any atom is -0.310 e. The molecule has 0 aliphatic heterocycles. The molecular formula is C50H35N. The molecule has 0 aliphatic rings. The SMILES string of the molecule is c1ccc(-c2ccccc2-c2ccccc2-c2ccccc2-c2ccc(N(c3ccccc3)c3ccc4c(ccc5ccccc54)c3)cc2)cc1. The Balaban J connectivity index is 1.13. The lowest BCUT2D eigenvalue weighted by Gasteiger charge is -2.26. The number of rotatable bonds is 7. The van der Waals surface area contributed by atoms with Crippen LogP contribution in [0.1, 0.15) is 0 Å². The minimum absolute atomic E-state index is 1.11. The van der Waals surface area contributed by atoms with Gasteiger partial charge < -0.3 is 4.90 Å². The highest BCUT2D eigenvalue weighted by Gasteiger charge is 2.17. The zero-order valence-electron chi connectivity index (χ0n) is 28.2. The van der Waals surface area contributed by atoms with E-state index in [1.165, 1.54) is 66.1 Å². The number of fused-ring (bicyclic) bond motifs is 3. The van der Waals surface area contributed by atoms with Gasteiger partial charge in [-0.15, -0.1) is 0 Å². The molecule has 240 valence electrons. The van der Waals surface area contributed by atoms with Crippen LogP contribution in [0.5, 0.6) is 0 Å². The quantitative estimate of drug-likeness (QED) is 0.155. The zero-order valence-corrected chi connectivity index (χ0v) is 28.2. The normalized spacial score (nSPS) is 11.1.